The van der Waals surface area contributed by atoms with Crippen LogP contribution in [0.2, 0.25) is 5.02 Å². The first kappa shape index (κ1) is 16.4. The minimum atomic E-state index is -0.394. The van der Waals surface area contributed by atoms with E-state index >= 15 is 0 Å². The maximum Gasteiger partial charge on any atom is 0.250 e. The number of primary amides is 1. The molecule has 1 aromatic carbocycles. The zero-order valence-corrected chi connectivity index (χ0v) is 15.4. The monoisotopic (exact) mass is 371 g/mol. The van der Waals surface area contributed by atoms with E-state index in [0.717, 1.165) is 34.2 Å². The average molecular weight is 372 g/mol. The van der Waals surface area contributed by atoms with Crippen molar-refractivity contribution in [3.8, 4) is 22.0 Å². The van der Waals surface area contributed by atoms with Crippen LogP contribution in [0.5, 0.6) is 0 Å². The third-order valence-electron chi connectivity index (χ3n) is 4.64. The Morgan fingerprint density at radius 1 is 1.40 bits per heavy atom. The summed E-state index contributed by atoms with van der Waals surface area (Å²) in [5.41, 5.74) is 9.77. The number of nitrogens with zero attached hydrogens (tertiary/aromatic N) is 2. The number of halogens is 1. The van der Waals surface area contributed by atoms with Crippen molar-refractivity contribution < 1.29 is 4.79 Å². The van der Waals surface area contributed by atoms with E-state index in [1.807, 2.05) is 42.6 Å². The van der Waals surface area contributed by atoms with Crippen molar-refractivity contribution in [1.82, 2.24) is 9.55 Å². The second kappa shape index (κ2) is 6.32. The van der Waals surface area contributed by atoms with Gasteiger partial charge < -0.3 is 10.3 Å². The lowest BCUT2D eigenvalue weighted by Crippen LogP contribution is -2.12. The van der Waals surface area contributed by atoms with Crippen LogP contribution >= 0.6 is 22.9 Å². The van der Waals surface area contributed by atoms with E-state index in [-0.39, 0.29) is 0 Å². The Morgan fingerprint density at radius 2 is 2.16 bits per heavy atom. The van der Waals surface area contributed by atoms with Crippen LogP contribution in [-0.4, -0.2) is 15.5 Å². The number of amides is 1. The number of hydrogen-bond acceptors (Lipinski definition) is 3. The fraction of sp³-hybridized carbons (Fsp3) is 0.263. The number of rotatable bonds is 5. The lowest BCUT2D eigenvalue weighted by molar-refractivity contribution is 0.0999. The molecule has 0 spiro atoms. The highest BCUT2D eigenvalue weighted by Gasteiger charge is 2.26. The van der Waals surface area contributed by atoms with Crippen LogP contribution in [-0.2, 0) is 6.54 Å². The van der Waals surface area contributed by atoms with Gasteiger partial charge in [-0.05, 0) is 37.8 Å². The van der Waals surface area contributed by atoms with E-state index in [2.05, 4.69) is 4.57 Å². The minimum absolute atomic E-state index is 0.394. The van der Waals surface area contributed by atoms with Crippen molar-refractivity contribution in [2.24, 2.45) is 11.7 Å². The molecule has 6 heteroatoms. The fourth-order valence-electron chi connectivity index (χ4n) is 3.05. The maximum absolute atomic E-state index is 11.8. The van der Waals surface area contributed by atoms with E-state index in [1.54, 1.807) is 11.3 Å². The molecule has 0 bridgehead atoms. The molecule has 2 aromatic heterocycles. The highest BCUT2D eigenvalue weighted by atomic mass is 35.5. The third kappa shape index (κ3) is 3.10. The van der Waals surface area contributed by atoms with E-state index in [0.29, 0.717) is 16.5 Å². The van der Waals surface area contributed by atoms with Crippen LogP contribution in [0.4, 0.5) is 0 Å². The topological polar surface area (TPSA) is 60.9 Å². The molecule has 2 N–H and O–H groups in total. The zero-order chi connectivity index (χ0) is 17.6. The molecule has 2 heterocycles. The molecule has 1 aliphatic carbocycles. The lowest BCUT2D eigenvalue weighted by Gasteiger charge is -2.09. The molecule has 1 amide bonds. The molecule has 128 valence electrons. The third-order valence-corrected chi connectivity index (χ3v) is 5.85. The Balaban J connectivity index is 1.78. The van der Waals surface area contributed by atoms with Crippen LogP contribution in [0.15, 0.2) is 35.7 Å². The molecule has 1 fully saturated rings. The predicted octanol–water partition coefficient (Wildman–Crippen LogP) is 4.75. The van der Waals surface area contributed by atoms with Crippen LogP contribution in [0.3, 0.4) is 0 Å². The summed E-state index contributed by atoms with van der Waals surface area (Å²) in [5.74, 6) is 0.294. The van der Waals surface area contributed by atoms with Crippen LogP contribution < -0.4 is 5.73 Å². The molecule has 3 aromatic rings. The first-order chi connectivity index (χ1) is 12.0. The van der Waals surface area contributed by atoms with Gasteiger partial charge in [0, 0.05) is 23.2 Å². The van der Waals surface area contributed by atoms with Crippen molar-refractivity contribution in [3.63, 3.8) is 0 Å². The summed E-state index contributed by atoms with van der Waals surface area (Å²) >= 11 is 7.85. The Bertz CT molecular complexity index is 955. The summed E-state index contributed by atoms with van der Waals surface area (Å²) in [5, 5.41) is 3.57. The molecule has 4 nitrogen and oxygen atoms in total. The molecular formula is C19H18ClN3OS. The Kier molecular flexibility index (Phi) is 4.13. The quantitative estimate of drug-likeness (QED) is 0.703. The molecule has 1 aliphatic rings. The molecule has 0 aliphatic heterocycles. The van der Waals surface area contributed by atoms with E-state index in [1.165, 1.54) is 12.8 Å². The summed E-state index contributed by atoms with van der Waals surface area (Å²) in [7, 11) is 0. The van der Waals surface area contributed by atoms with Crippen LogP contribution in [0, 0.1) is 12.8 Å². The Morgan fingerprint density at radius 3 is 2.84 bits per heavy atom. The van der Waals surface area contributed by atoms with Gasteiger partial charge in [0.15, 0.2) is 0 Å². The standard InChI is InChI=1S/C19H18ClN3OS/c1-11-14(18(21)24)8-17(23(11)9-12-6-7-12)16-10-25-19(22-16)13-4-2-3-5-15(13)20/h2-5,8,10,12H,6-7,9H2,1H3,(H2,21,24). The summed E-state index contributed by atoms with van der Waals surface area (Å²) in [6, 6.07) is 9.56. The highest BCUT2D eigenvalue weighted by Crippen LogP contribution is 2.37. The van der Waals surface area contributed by atoms with Gasteiger partial charge in [-0.1, -0.05) is 29.8 Å². The summed E-state index contributed by atoms with van der Waals surface area (Å²) < 4.78 is 2.18. The number of nitrogens with two attached hydrogens (primary N) is 1. The van der Waals surface area contributed by atoms with Crippen molar-refractivity contribution in [3.05, 3.63) is 52.0 Å². The van der Waals surface area contributed by atoms with Crippen molar-refractivity contribution >= 4 is 28.8 Å². The second-order valence-corrected chi connectivity index (χ2v) is 7.73. The summed E-state index contributed by atoms with van der Waals surface area (Å²) in [6.07, 6.45) is 2.48. The molecule has 0 unspecified atom stereocenters. The number of benzene rings is 1. The molecule has 4 rings (SSSR count). The van der Waals surface area contributed by atoms with Crippen LogP contribution in [0.1, 0.15) is 28.9 Å². The molecule has 0 atom stereocenters. The lowest BCUT2D eigenvalue weighted by atomic mass is 10.2. The van der Waals surface area contributed by atoms with E-state index in [9.17, 15) is 4.79 Å². The van der Waals surface area contributed by atoms with E-state index in [4.69, 9.17) is 22.3 Å². The summed E-state index contributed by atoms with van der Waals surface area (Å²) in [6.45, 7) is 2.86. The van der Waals surface area contributed by atoms with E-state index < -0.39 is 5.91 Å². The first-order valence-corrected chi connectivity index (χ1v) is 9.51. The number of hydrogen-bond donors (Lipinski definition) is 1. The number of thiazole rings is 1. The normalized spacial score (nSPS) is 14.0. The van der Waals surface area contributed by atoms with Gasteiger partial charge in [-0.3, -0.25) is 4.79 Å². The minimum Gasteiger partial charge on any atom is -0.366 e. The van der Waals surface area contributed by atoms with Gasteiger partial charge in [0.1, 0.15) is 5.01 Å². The molecule has 0 saturated heterocycles. The van der Waals surface area contributed by atoms with Crippen molar-refractivity contribution in [2.45, 2.75) is 26.3 Å². The van der Waals surface area contributed by atoms with Gasteiger partial charge in [-0.15, -0.1) is 11.3 Å². The summed E-state index contributed by atoms with van der Waals surface area (Å²) in [4.78, 5) is 16.5. The van der Waals surface area contributed by atoms with Gasteiger partial charge in [-0.25, -0.2) is 4.98 Å². The Hall–Kier alpha value is -2.11. The van der Waals surface area contributed by atoms with Crippen molar-refractivity contribution in [1.29, 1.82) is 0 Å². The number of aromatic nitrogens is 2. The Labute approximate surface area is 155 Å². The molecule has 25 heavy (non-hydrogen) atoms. The van der Waals surface area contributed by atoms with Gasteiger partial charge in [0.05, 0.1) is 22.0 Å². The molecular weight excluding hydrogens is 354 g/mol. The largest absolute Gasteiger partial charge is 0.366 e. The zero-order valence-electron chi connectivity index (χ0n) is 13.8. The molecule has 1 saturated carbocycles. The predicted molar refractivity (Wildman–Crippen MR) is 102 cm³/mol. The number of carbonyl (C=O) groups is 1. The molecule has 0 radical (unpaired) electrons. The van der Waals surface area contributed by atoms with Gasteiger partial charge in [0.2, 0.25) is 0 Å². The first-order valence-electron chi connectivity index (χ1n) is 8.25. The number of carbonyl (C=O) groups excluding carboxylic acids is 1. The van der Waals surface area contributed by atoms with Gasteiger partial charge in [0.25, 0.3) is 5.91 Å². The van der Waals surface area contributed by atoms with Crippen LogP contribution in [0.25, 0.3) is 22.0 Å². The van der Waals surface area contributed by atoms with Gasteiger partial charge in [-0.2, -0.15) is 0 Å². The smallest absolute Gasteiger partial charge is 0.250 e. The van der Waals surface area contributed by atoms with Crippen molar-refractivity contribution in [2.75, 3.05) is 0 Å². The highest BCUT2D eigenvalue weighted by molar-refractivity contribution is 7.13. The van der Waals surface area contributed by atoms with Gasteiger partial charge >= 0.3 is 0 Å². The maximum atomic E-state index is 11.8. The SMILES string of the molecule is Cc1c(C(N)=O)cc(-c2csc(-c3ccccc3Cl)n2)n1CC1CC1. The average Bonchev–Trinajstić information content (AvgIpc) is 3.17. The second-order valence-electron chi connectivity index (χ2n) is 6.46. The fourth-order valence-corrected chi connectivity index (χ4v) is 4.18.